The van der Waals surface area contributed by atoms with E-state index in [1.165, 1.54) is 0 Å². The molecule has 1 fully saturated rings. The highest BCUT2D eigenvalue weighted by Gasteiger charge is 2.34. The molecule has 5 heteroatoms. The second-order valence-corrected chi connectivity index (χ2v) is 7.60. The van der Waals surface area contributed by atoms with Gasteiger partial charge in [-0.15, -0.1) is 0 Å². The molecule has 0 atom stereocenters. The minimum Gasteiger partial charge on any atom is -0.508 e. The molecule has 1 aliphatic rings. The van der Waals surface area contributed by atoms with Gasteiger partial charge >= 0.3 is 0 Å². The third-order valence-electron chi connectivity index (χ3n) is 5.46. The standard InChI is InChI=1S/C21H26ClNO3/c1-26-18-6-7-20(25)17(12-18)14-23-10-8-21(15-24,9-11-23)13-16-4-2-3-5-19(16)22/h2-7,12,24-25H,8-11,13-15H2,1H3. The number of likely N-dealkylation sites (tertiary alicyclic amines) is 1. The van der Waals surface area contributed by atoms with Gasteiger partial charge in [-0.25, -0.2) is 0 Å². The first-order valence-corrected chi connectivity index (χ1v) is 9.35. The second kappa shape index (κ2) is 8.30. The fourth-order valence-corrected chi connectivity index (χ4v) is 3.88. The summed E-state index contributed by atoms with van der Waals surface area (Å²) in [7, 11) is 1.63. The number of hydrogen-bond donors (Lipinski definition) is 2. The summed E-state index contributed by atoms with van der Waals surface area (Å²) >= 11 is 6.31. The number of aliphatic hydroxyl groups excluding tert-OH is 1. The van der Waals surface area contributed by atoms with Crippen LogP contribution < -0.4 is 4.74 Å². The van der Waals surface area contributed by atoms with E-state index in [-0.39, 0.29) is 12.0 Å². The van der Waals surface area contributed by atoms with Crippen LogP contribution in [0.1, 0.15) is 24.0 Å². The van der Waals surface area contributed by atoms with E-state index in [2.05, 4.69) is 4.90 Å². The van der Waals surface area contributed by atoms with E-state index in [9.17, 15) is 10.2 Å². The van der Waals surface area contributed by atoms with Gasteiger partial charge in [0.05, 0.1) is 7.11 Å². The first kappa shape index (κ1) is 19.0. The maximum Gasteiger partial charge on any atom is 0.120 e. The lowest BCUT2D eigenvalue weighted by Gasteiger charge is -2.41. The van der Waals surface area contributed by atoms with Gasteiger partial charge in [0.1, 0.15) is 11.5 Å². The number of rotatable bonds is 6. The van der Waals surface area contributed by atoms with Crippen molar-refractivity contribution in [2.75, 3.05) is 26.8 Å². The van der Waals surface area contributed by atoms with Gasteiger partial charge in [0.15, 0.2) is 0 Å². The van der Waals surface area contributed by atoms with E-state index < -0.39 is 0 Å². The molecule has 0 amide bonds. The van der Waals surface area contributed by atoms with Crippen LogP contribution in [0.15, 0.2) is 42.5 Å². The average molecular weight is 376 g/mol. The van der Waals surface area contributed by atoms with Crippen LogP contribution in [-0.2, 0) is 13.0 Å². The Labute approximate surface area is 160 Å². The molecule has 1 heterocycles. The van der Waals surface area contributed by atoms with Gasteiger partial charge < -0.3 is 14.9 Å². The van der Waals surface area contributed by atoms with Crippen molar-refractivity contribution in [2.45, 2.75) is 25.8 Å². The number of benzene rings is 2. The number of halogens is 1. The van der Waals surface area contributed by atoms with Crippen molar-refractivity contribution in [3.05, 3.63) is 58.6 Å². The first-order chi connectivity index (χ1) is 12.5. The van der Waals surface area contributed by atoms with Crippen molar-refractivity contribution in [2.24, 2.45) is 5.41 Å². The van der Waals surface area contributed by atoms with Gasteiger partial charge in [-0.05, 0) is 67.6 Å². The highest BCUT2D eigenvalue weighted by Crippen LogP contribution is 2.37. The number of hydrogen-bond acceptors (Lipinski definition) is 4. The van der Waals surface area contributed by atoms with Crippen molar-refractivity contribution < 1.29 is 14.9 Å². The summed E-state index contributed by atoms with van der Waals surface area (Å²) in [5.74, 6) is 1.04. The van der Waals surface area contributed by atoms with E-state index >= 15 is 0 Å². The fraction of sp³-hybridized carbons (Fsp3) is 0.429. The maximum absolute atomic E-state index is 10.1. The minimum atomic E-state index is -0.127. The molecule has 0 unspecified atom stereocenters. The summed E-state index contributed by atoms with van der Waals surface area (Å²) in [6.07, 6.45) is 2.60. The number of phenolic OH excluding ortho intramolecular Hbond substituents is 1. The zero-order valence-corrected chi connectivity index (χ0v) is 15.9. The first-order valence-electron chi connectivity index (χ1n) is 8.98. The largest absolute Gasteiger partial charge is 0.508 e. The van der Waals surface area contributed by atoms with Crippen LogP contribution in [0.2, 0.25) is 5.02 Å². The van der Waals surface area contributed by atoms with Crippen LogP contribution in [0.3, 0.4) is 0 Å². The Morgan fingerprint density at radius 2 is 1.85 bits per heavy atom. The van der Waals surface area contributed by atoms with Crippen LogP contribution in [-0.4, -0.2) is 41.9 Å². The number of ether oxygens (including phenoxy) is 1. The summed E-state index contributed by atoms with van der Waals surface area (Å²) in [6, 6.07) is 13.2. The molecule has 0 radical (unpaired) electrons. The molecule has 2 N–H and O–H groups in total. The molecule has 0 spiro atoms. The molecule has 2 aromatic carbocycles. The van der Waals surface area contributed by atoms with E-state index in [1.807, 2.05) is 30.3 Å². The maximum atomic E-state index is 10.1. The summed E-state index contributed by atoms with van der Waals surface area (Å²) in [6.45, 7) is 2.59. The molecule has 1 saturated heterocycles. The van der Waals surface area contributed by atoms with Gasteiger partial charge in [-0.1, -0.05) is 29.8 Å². The van der Waals surface area contributed by atoms with Crippen molar-refractivity contribution in [3.63, 3.8) is 0 Å². The van der Waals surface area contributed by atoms with E-state index in [0.29, 0.717) is 12.3 Å². The molecule has 4 nitrogen and oxygen atoms in total. The van der Waals surface area contributed by atoms with Gasteiger partial charge in [-0.3, -0.25) is 4.90 Å². The molecule has 2 aromatic rings. The Morgan fingerprint density at radius 1 is 1.12 bits per heavy atom. The van der Waals surface area contributed by atoms with Gasteiger partial charge in [0, 0.05) is 23.7 Å². The third-order valence-corrected chi connectivity index (χ3v) is 5.82. The third kappa shape index (κ3) is 4.32. The fourth-order valence-electron chi connectivity index (χ4n) is 3.68. The summed E-state index contributed by atoms with van der Waals surface area (Å²) in [5.41, 5.74) is 1.84. The van der Waals surface area contributed by atoms with Crippen molar-refractivity contribution >= 4 is 11.6 Å². The van der Waals surface area contributed by atoms with Crippen molar-refractivity contribution in [1.82, 2.24) is 4.90 Å². The molecule has 1 aliphatic heterocycles. The van der Waals surface area contributed by atoms with Crippen LogP contribution >= 0.6 is 11.6 Å². The number of aliphatic hydroxyl groups is 1. The molecule has 0 aliphatic carbocycles. The highest BCUT2D eigenvalue weighted by atomic mass is 35.5. The van der Waals surface area contributed by atoms with Gasteiger partial charge in [-0.2, -0.15) is 0 Å². The molecule has 26 heavy (non-hydrogen) atoms. The number of piperidine rings is 1. The number of methoxy groups -OCH3 is 1. The Bertz CT molecular complexity index is 742. The average Bonchev–Trinajstić information content (AvgIpc) is 2.67. The molecule has 3 rings (SSSR count). The lowest BCUT2D eigenvalue weighted by molar-refractivity contribution is 0.0411. The van der Waals surface area contributed by atoms with E-state index in [0.717, 1.165) is 54.3 Å². The Kier molecular flexibility index (Phi) is 6.07. The predicted octanol–water partition coefficient (Wildman–Crippen LogP) is 3.87. The Hall–Kier alpha value is -1.75. The quantitative estimate of drug-likeness (QED) is 0.804. The zero-order valence-electron chi connectivity index (χ0n) is 15.1. The van der Waals surface area contributed by atoms with Crippen LogP contribution in [0.25, 0.3) is 0 Å². The normalized spacial score (nSPS) is 17.2. The zero-order chi connectivity index (χ0) is 18.6. The molecule has 0 saturated carbocycles. The lowest BCUT2D eigenvalue weighted by Crippen LogP contribution is -2.42. The lowest BCUT2D eigenvalue weighted by atomic mass is 9.74. The monoisotopic (exact) mass is 375 g/mol. The predicted molar refractivity (Wildman–Crippen MR) is 104 cm³/mol. The van der Waals surface area contributed by atoms with E-state index in [1.54, 1.807) is 19.2 Å². The van der Waals surface area contributed by atoms with Crippen LogP contribution in [0, 0.1) is 5.41 Å². The summed E-state index contributed by atoms with van der Waals surface area (Å²) in [4.78, 5) is 2.31. The second-order valence-electron chi connectivity index (χ2n) is 7.20. The number of phenols is 1. The molecular formula is C21H26ClNO3. The summed E-state index contributed by atoms with van der Waals surface area (Å²) in [5, 5.41) is 20.9. The Balaban J connectivity index is 1.65. The Morgan fingerprint density at radius 3 is 2.50 bits per heavy atom. The number of aromatic hydroxyl groups is 1. The van der Waals surface area contributed by atoms with Crippen molar-refractivity contribution in [1.29, 1.82) is 0 Å². The minimum absolute atomic E-state index is 0.127. The number of nitrogens with zero attached hydrogens (tertiary/aromatic N) is 1. The van der Waals surface area contributed by atoms with Crippen LogP contribution in [0.5, 0.6) is 11.5 Å². The summed E-state index contributed by atoms with van der Waals surface area (Å²) < 4.78 is 5.25. The van der Waals surface area contributed by atoms with Crippen LogP contribution in [0.4, 0.5) is 0 Å². The van der Waals surface area contributed by atoms with Crippen molar-refractivity contribution in [3.8, 4) is 11.5 Å². The molecule has 140 valence electrons. The topological polar surface area (TPSA) is 52.9 Å². The molecule has 0 aromatic heterocycles. The SMILES string of the molecule is COc1ccc(O)c(CN2CCC(CO)(Cc3ccccc3Cl)CC2)c1. The molecular weight excluding hydrogens is 350 g/mol. The van der Waals surface area contributed by atoms with Gasteiger partial charge in [0.2, 0.25) is 0 Å². The smallest absolute Gasteiger partial charge is 0.120 e. The highest BCUT2D eigenvalue weighted by molar-refractivity contribution is 6.31. The molecule has 0 bridgehead atoms. The van der Waals surface area contributed by atoms with E-state index in [4.69, 9.17) is 16.3 Å². The van der Waals surface area contributed by atoms with Gasteiger partial charge in [0.25, 0.3) is 0 Å².